The van der Waals surface area contributed by atoms with Crippen LogP contribution in [0.2, 0.25) is 0 Å². The lowest BCUT2D eigenvalue weighted by molar-refractivity contribution is -0.383. The van der Waals surface area contributed by atoms with Gasteiger partial charge in [-0.2, -0.15) is 5.26 Å². The molecule has 0 spiro atoms. The topological polar surface area (TPSA) is 108 Å². The number of nitriles is 1. The van der Waals surface area contributed by atoms with Crippen LogP contribution in [-0.4, -0.2) is 12.0 Å². The molecule has 0 heterocycles. The van der Waals surface area contributed by atoms with E-state index in [2.05, 4.69) is 5.43 Å². The normalized spacial score (nSPS) is 9.76. The second-order valence-corrected chi connectivity index (χ2v) is 4.30. The number of para-hydroxylation sites is 1. The number of rotatable bonds is 4. The van der Waals surface area contributed by atoms with E-state index in [0.717, 1.165) is 0 Å². The second kappa shape index (κ2) is 5.90. The molecule has 0 fully saturated rings. The van der Waals surface area contributed by atoms with Gasteiger partial charge in [0.15, 0.2) is 0 Å². The van der Waals surface area contributed by atoms with Crippen LogP contribution in [0.4, 0.5) is 22.7 Å². The smallest absolute Gasteiger partial charge is 0.317 e. The Labute approximate surface area is 121 Å². The fourth-order valence-electron chi connectivity index (χ4n) is 2.03. The van der Waals surface area contributed by atoms with Crippen LogP contribution < -0.4 is 16.2 Å². The average molecular weight is 283 g/mol. The number of nitro groups is 1. The molecule has 0 saturated heterocycles. The third-order valence-corrected chi connectivity index (χ3v) is 3.08. The van der Waals surface area contributed by atoms with Crippen LogP contribution in [0.3, 0.4) is 0 Å². The largest absolute Gasteiger partial charge is 0.339 e. The molecule has 0 bridgehead atoms. The van der Waals surface area contributed by atoms with Crippen molar-refractivity contribution < 1.29 is 4.92 Å². The summed E-state index contributed by atoms with van der Waals surface area (Å²) in [6.07, 6.45) is 0. The van der Waals surface area contributed by atoms with Gasteiger partial charge in [0.05, 0.1) is 16.6 Å². The molecule has 0 saturated carbocycles. The van der Waals surface area contributed by atoms with Gasteiger partial charge in [-0.15, -0.1) is 0 Å². The number of nitrogens with one attached hydrogen (secondary N) is 1. The lowest BCUT2D eigenvalue weighted by Crippen LogP contribution is -2.15. The van der Waals surface area contributed by atoms with E-state index in [9.17, 15) is 10.1 Å². The van der Waals surface area contributed by atoms with Crippen molar-refractivity contribution in [2.45, 2.75) is 0 Å². The Hall–Kier alpha value is -3.11. The number of anilines is 3. The van der Waals surface area contributed by atoms with Crippen molar-refractivity contribution >= 4 is 22.7 Å². The minimum absolute atomic E-state index is 0.120. The molecule has 2 aromatic carbocycles. The van der Waals surface area contributed by atoms with Crippen molar-refractivity contribution in [2.24, 2.45) is 5.84 Å². The van der Waals surface area contributed by atoms with Gasteiger partial charge in [-0.25, -0.2) is 0 Å². The Bertz CT molecular complexity index is 724. The molecule has 21 heavy (non-hydrogen) atoms. The first kappa shape index (κ1) is 14.3. The third-order valence-electron chi connectivity index (χ3n) is 3.08. The van der Waals surface area contributed by atoms with Crippen molar-refractivity contribution in [3.63, 3.8) is 0 Å². The lowest BCUT2D eigenvalue weighted by atomic mass is 10.1. The average Bonchev–Trinajstić information content (AvgIpc) is 2.53. The molecule has 0 aliphatic carbocycles. The molecule has 2 aromatic rings. The number of hydrazine groups is 1. The Morgan fingerprint density at radius 3 is 2.67 bits per heavy atom. The highest BCUT2D eigenvalue weighted by Gasteiger charge is 2.22. The highest BCUT2D eigenvalue weighted by Crippen LogP contribution is 2.37. The summed E-state index contributed by atoms with van der Waals surface area (Å²) in [4.78, 5) is 12.4. The van der Waals surface area contributed by atoms with Crippen molar-refractivity contribution in [1.82, 2.24) is 0 Å². The minimum Gasteiger partial charge on any atom is -0.339 e. The van der Waals surface area contributed by atoms with E-state index < -0.39 is 4.92 Å². The molecule has 0 radical (unpaired) electrons. The molecule has 0 aromatic heterocycles. The Kier molecular flexibility index (Phi) is 4.02. The van der Waals surface area contributed by atoms with Gasteiger partial charge in [0.1, 0.15) is 11.4 Å². The van der Waals surface area contributed by atoms with Gasteiger partial charge in [-0.1, -0.05) is 12.1 Å². The van der Waals surface area contributed by atoms with Crippen molar-refractivity contribution in [3.8, 4) is 6.07 Å². The molecule has 3 N–H and O–H groups in total. The zero-order chi connectivity index (χ0) is 15.4. The molecule has 0 aliphatic rings. The first-order valence-corrected chi connectivity index (χ1v) is 6.06. The number of hydrogen-bond donors (Lipinski definition) is 2. The van der Waals surface area contributed by atoms with Crippen LogP contribution in [0.1, 0.15) is 5.56 Å². The predicted octanol–water partition coefficient (Wildman–Crippen LogP) is 2.52. The van der Waals surface area contributed by atoms with Crippen LogP contribution in [0.25, 0.3) is 0 Å². The van der Waals surface area contributed by atoms with Gasteiger partial charge >= 0.3 is 5.69 Å². The van der Waals surface area contributed by atoms with Crippen LogP contribution >= 0.6 is 0 Å². The van der Waals surface area contributed by atoms with Crippen molar-refractivity contribution in [2.75, 3.05) is 17.4 Å². The lowest BCUT2D eigenvalue weighted by Gasteiger charge is -2.20. The van der Waals surface area contributed by atoms with Gasteiger partial charge in [0.25, 0.3) is 0 Å². The summed E-state index contributed by atoms with van der Waals surface area (Å²) < 4.78 is 0. The molecule has 2 rings (SSSR count). The third kappa shape index (κ3) is 2.75. The van der Waals surface area contributed by atoms with Crippen LogP contribution in [-0.2, 0) is 0 Å². The number of benzene rings is 2. The van der Waals surface area contributed by atoms with Crippen molar-refractivity contribution in [3.05, 3.63) is 58.1 Å². The first-order valence-electron chi connectivity index (χ1n) is 6.06. The molecule has 7 heteroatoms. The van der Waals surface area contributed by atoms with Gasteiger partial charge < -0.3 is 10.3 Å². The van der Waals surface area contributed by atoms with E-state index in [1.165, 1.54) is 6.07 Å². The molecule has 0 unspecified atom stereocenters. The second-order valence-electron chi connectivity index (χ2n) is 4.30. The van der Waals surface area contributed by atoms with E-state index >= 15 is 0 Å². The number of nitrogens with two attached hydrogens (primary N) is 1. The van der Waals surface area contributed by atoms with E-state index in [4.69, 9.17) is 11.1 Å². The minimum atomic E-state index is -0.491. The maximum Gasteiger partial charge on any atom is 0.317 e. The molecular weight excluding hydrogens is 270 g/mol. The fourth-order valence-corrected chi connectivity index (χ4v) is 2.03. The number of hydrogen-bond acceptors (Lipinski definition) is 6. The summed E-state index contributed by atoms with van der Waals surface area (Å²) in [5.41, 5.74) is 3.96. The SMILES string of the molecule is CN(c1cccc(C#N)c1)c1cccc(NN)c1[N+](=O)[O-]. The summed E-state index contributed by atoms with van der Waals surface area (Å²) in [6, 6.07) is 13.7. The standard InChI is InChI=1S/C14H13N5O2/c1-18(11-5-2-4-10(8-11)9-15)13-7-3-6-12(17-16)14(13)19(20)21/h2-8,17H,16H2,1H3. The molecule has 0 atom stereocenters. The first-order chi connectivity index (χ1) is 10.1. The highest BCUT2D eigenvalue weighted by molar-refractivity contribution is 5.80. The Balaban J connectivity index is 2.55. The summed E-state index contributed by atoms with van der Waals surface area (Å²) >= 11 is 0. The quantitative estimate of drug-likeness (QED) is 0.507. The summed E-state index contributed by atoms with van der Waals surface area (Å²) in [7, 11) is 1.69. The predicted molar refractivity (Wildman–Crippen MR) is 80.1 cm³/mol. The van der Waals surface area contributed by atoms with Crippen LogP contribution in [0.15, 0.2) is 42.5 Å². The molecule has 106 valence electrons. The van der Waals surface area contributed by atoms with E-state index in [1.807, 2.05) is 6.07 Å². The zero-order valence-electron chi connectivity index (χ0n) is 11.3. The number of nitrogen functional groups attached to an aromatic ring is 1. The van der Waals surface area contributed by atoms with E-state index in [0.29, 0.717) is 16.9 Å². The van der Waals surface area contributed by atoms with E-state index in [-0.39, 0.29) is 11.4 Å². The van der Waals surface area contributed by atoms with Gasteiger partial charge in [0, 0.05) is 12.7 Å². The summed E-state index contributed by atoms with van der Waals surface area (Å²) in [5.74, 6) is 5.33. The Morgan fingerprint density at radius 1 is 1.33 bits per heavy atom. The number of nitrogens with zero attached hydrogens (tertiary/aromatic N) is 3. The number of nitro benzene ring substituents is 1. The molecule has 0 aliphatic heterocycles. The van der Waals surface area contributed by atoms with E-state index in [1.54, 1.807) is 48.3 Å². The molecule has 0 amide bonds. The Morgan fingerprint density at radius 2 is 2.05 bits per heavy atom. The summed E-state index contributed by atoms with van der Waals surface area (Å²) in [5, 5.41) is 20.2. The van der Waals surface area contributed by atoms with Crippen LogP contribution in [0, 0.1) is 21.4 Å². The monoisotopic (exact) mass is 283 g/mol. The van der Waals surface area contributed by atoms with Gasteiger partial charge in [-0.05, 0) is 30.3 Å². The maximum absolute atomic E-state index is 11.3. The van der Waals surface area contributed by atoms with Gasteiger partial charge in [-0.3, -0.25) is 16.0 Å². The van der Waals surface area contributed by atoms with Gasteiger partial charge in [0.2, 0.25) is 0 Å². The fraction of sp³-hybridized carbons (Fsp3) is 0.0714. The van der Waals surface area contributed by atoms with Crippen molar-refractivity contribution in [1.29, 1.82) is 5.26 Å². The zero-order valence-corrected chi connectivity index (χ0v) is 11.3. The molecule has 7 nitrogen and oxygen atoms in total. The van der Waals surface area contributed by atoms with Crippen LogP contribution in [0.5, 0.6) is 0 Å². The highest BCUT2D eigenvalue weighted by atomic mass is 16.6. The maximum atomic E-state index is 11.3. The molecular formula is C14H13N5O2. The summed E-state index contributed by atoms with van der Waals surface area (Å²) in [6.45, 7) is 0.